The fourth-order valence-electron chi connectivity index (χ4n) is 3.54. The van der Waals surface area contributed by atoms with E-state index in [0.717, 1.165) is 39.9 Å². The zero-order valence-electron chi connectivity index (χ0n) is 14.5. The summed E-state index contributed by atoms with van der Waals surface area (Å²) in [5.41, 5.74) is 4.17. The number of nitrogens with zero attached hydrogens (tertiary/aromatic N) is 3. The van der Waals surface area contributed by atoms with Crippen molar-refractivity contribution in [2.75, 3.05) is 0 Å². The SMILES string of the molecule is N#Cc1ccc(-c2ccc(Oc3ncnc4sc5c(c34)CCC5)cc2)cc1. The molecule has 0 aliphatic heterocycles. The lowest BCUT2D eigenvalue weighted by Gasteiger charge is -2.08. The second-order valence-electron chi connectivity index (χ2n) is 6.53. The van der Waals surface area contributed by atoms with E-state index in [1.165, 1.54) is 16.9 Å². The van der Waals surface area contributed by atoms with Crippen molar-refractivity contribution in [2.45, 2.75) is 19.3 Å². The Morgan fingerprint density at radius 1 is 0.926 bits per heavy atom. The van der Waals surface area contributed by atoms with Gasteiger partial charge < -0.3 is 4.74 Å². The summed E-state index contributed by atoms with van der Waals surface area (Å²) in [5, 5.41) is 9.99. The number of hydrogen-bond donors (Lipinski definition) is 0. The Morgan fingerprint density at radius 3 is 2.41 bits per heavy atom. The van der Waals surface area contributed by atoms with E-state index in [2.05, 4.69) is 16.0 Å². The van der Waals surface area contributed by atoms with Gasteiger partial charge >= 0.3 is 0 Å². The minimum Gasteiger partial charge on any atom is -0.438 e. The van der Waals surface area contributed by atoms with Crippen LogP contribution in [0.4, 0.5) is 0 Å². The Bertz CT molecular complexity index is 1170. The van der Waals surface area contributed by atoms with Gasteiger partial charge in [-0.15, -0.1) is 11.3 Å². The molecule has 0 fully saturated rings. The third-order valence-corrected chi connectivity index (χ3v) is 6.08. The minimum absolute atomic E-state index is 0.644. The first-order valence-electron chi connectivity index (χ1n) is 8.85. The van der Waals surface area contributed by atoms with Gasteiger partial charge in [0.1, 0.15) is 16.9 Å². The van der Waals surface area contributed by atoms with Gasteiger partial charge in [0.25, 0.3) is 0 Å². The summed E-state index contributed by atoms with van der Waals surface area (Å²) in [6, 6.07) is 17.7. The van der Waals surface area contributed by atoms with Gasteiger partial charge in [0.15, 0.2) is 0 Å². The standard InChI is InChI=1S/C22H15N3OS/c23-12-14-4-6-15(7-5-14)16-8-10-17(11-9-16)26-21-20-18-2-1-3-19(18)27-22(20)25-13-24-21/h4-11,13H,1-3H2. The van der Waals surface area contributed by atoms with Gasteiger partial charge in [0.2, 0.25) is 5.88 Å². The average Bonchev–Trinajstić information content (AvgIpc) is 3.30. The quantitative estimate of drug-likeness (QED) is 0.478. The fourth-order valence-corrected chi connectivity index (χ4v) is 4.76. The Morgan fingerprint density at radius 2 is 1.67 bits per heavy atom. The maximum Gasteiger partial charge on any atom is 0.231 e. The molecule has 1 aliphatic rings. The molecule has 1 aliphatic carbocycles. The normalized spacial score (nSPS) is 12.7. The van der Waals surface area contributed by atoms with Crippen molar-refractivity contribution < 1.29 is 4.74 Å². The van der Waals surface area contributed by atoms with E-state index in [0.29, 0.717) is 11.4 Å². The van der Waals surface area contributed by atoms with E-state index < -0.39 is 0 Å². The van der Waals surface area contributed by atoms with Crippen LogP contribution < -0.4 is 4.74 Å². The summed E-state index contributed by atoms with van der Waals surface area (Å²) in [4.78, 5) is 11.2. The predicted octanol–water partition coefficient (Wildman–Crippen LogP) is 5.51. The number of aromatic nitrogens is 2. The van der Waals surface area contributed by atoms with Crippen LogP contribution in [0.2, 0.25) is 0 Å². The van der Waals surface area contributed by atoms with Gasteiger partial charge in [0, 0.05) is 4.88 Å². The van der Waals surface area contributed by atoms with Crippen LogP contribution in [-0.4, -0.2) is 9.97 Å². The third kappa shape index (κ3) is 2.84. The van der Waals surface area contributed by atoms with E-state index in [-0.39, 0.29) is 0 Å². The molecule has 0 spiro atoms. The third-order valence-electron chi connectivity index (χ3n) is 4.88. The van der Waals surface area contributed by atoms with E-state index in [4.69, 9.17) is 10.00 Å². The highest BCUT2D eigenvalue weighted by atomic mass is 32.1. The van der Waals surface area contributed by atoms with Crippen LogP contribution in [0.15, 0.2) is 54.9 Å². The number of nitriles is 1. The summed E-state index contributed by atoms with van der Waals surface area (Å²) < 4.78 is 6.12. The summed E-state index contributed by atoms with van der Waals surface area (Å²) in [6.07, 6.45) is 4.99. The highest BCUT2D eigenvalue weighted by molar-refractivity contribution is 7.18. The molecule has 0 saturated heterocycles. The molecule has 0 radical (unpaired) electrons. The molecule has 0 atom stereocenters. The first-order valence-corrected chi connectivity index (χ1v) is 9.67. The molecular formula is C22H15N3OS. The van der Waals surface area contributed by atoms with Crippen LogP contribution in [-0.2, 0) is 12.8 Å². The van der Waals surface area contributed by atoms with Crippen LogP contribution in [0.1, 0.15) is 22.4 Å². The molecule has 5 heteroatoms. The summed E-state index contributed by atoms with van der Waals surface area (Å²) in [7, 11) is 0. The Balaban J connectivity index is 1.45. The predicted molar refractivity (Wildman–Crippen MR) is 106 cm³/mol. The monoisotopic (exact) mass is 369 g/mol. The van der Waals surface area contributed by atoms with Crippen molar-refractivity contribution >= 4 is 21.6 Å². The summed E-state index contributed by atoms with van der Waals surface area (Å²) in [5.74, 6) is 1.40. The number of ether oxygens (including phenoxy) is 1. The van der Waals surface area contributed by atoms with E-state index in [1.807, 2.05) is 48.5 Å². The lowest BCUT2D eigenvalue weighted by atomic mass is 10.0. The van der Waals surface area contributed by atoms with Crippen LogP contribution in [0.3, 0.4) is 0 Å². The van der Waals surface area contributed by atoms with Gasteiger partial charge in [-0.25, -0.2) is 9.97 Å². The van der Waals surface area contributed by atoms with Gasteiger partial charge in [-0.05, 0) is 60.2 Å². The number of thiophene rings is 1. The zero-order chi connectivity index (χ0) is 18.2. The van der Waals surface area contributed by atoms with Crippen LogP contribution in [0.5, 0.6) is 11.6 Å². The maximum atomic E-state index is 8.92. The molecule has 130 valence electrons. The number of benzene rings is 2. The topological polar surface area (TPSA) is 58.8 Å². The largest absolute Gasteiger partial charge is 0.438 e. The van der Waals surface area contributed by atoms with Crippen molar-refractivity contribution in [1.82, 2.24) is 9.97 Å². The van der Waals surface area contributed by atoms with Gasteiger partial charge in [0.05, 0.1) is 17.0 Å². The molecule has 0 saturated carbocycles. The fraction of sp³-hybridized carbons (Fsp3) is 0.136. The van der Waals surface area contributed by atoms with E-state index in [9.17, 15) is 0 Å². The van der Waals surface area contributed by atoms with E-state index in [1.54, 1.807) is 17.7 Å². The molecule has 27 heavy (non-hydrogen) atoms. The molecule has 0 amide bonds. The van der Waals surface area contributed by atoms with Gasteiger partial charge in [-0.2, -0.15) is 5.26 Å². The molecule has 4 nitrogen and oxygen atoms in total. The lowest BCUT2D eigenvalue weighted by molar-refractivity contribution is 0.468. The van der Waals surface area contributed by atoms with Crippen molar-refractivity contribution in [3.8, 4) is 28.8 Å². The summed E-state index contributed by atoms with van der Waals surface area (Å²) >= 11 is 1.76. The van der Waals surface area contributed by atoms with E-state index >= 15 is 0 Å². The van der Waals surface area contributed by atoms with Gasteiger partial charge in [-0.1, -0.05) is 24.3 Å². The minimum atomic E-state index is 0.644. The highest BCUT2D eigenvalue weighted by Crippen LogP contribution is 2.41. The molecular weight excluding hydrogens is 354 g/mol. The van der Waals surface area contributed by atoms with Crippen molar-refractivity contribution in [1.29, 1.82) is 5.26 Å². The first-order chi connectivity index (χ1) is 13.3. The number of fused-ring (bicyclic) bond motifs is 3. The number of rotatable bonds is 3. The number of hydrogen-bond acceptors (Lipinski definition) is 5. The molecule has 0 bridgehead atoms. The molecule has 4 aromatic rings. The molecule has 2 aromatic heterocycles. The number of aryl methyl sites for hydroxylation is 2. The molecule has 2 heterocycles. The molecule has 0 N–H and O–H groups in total. The average molecular weight is 369 g/mol. The van der Waals surface area contributed by atoms with Crippen LogP contribution in [0, 0.1) is 11.3 Å². The second-order valence-corrected chi connectivity index (χ2v) is 7.62. The molecule has 2 aromatic carbocycles. The van der Waals surface area contributed by atoms with Crippen molar-refractivity contribution in [2.24, 2.45) is 0 Å². The van der Waals surface area contributed by atoms with Crippen LogP contribution >= 0.6 is 11.3 Å². The highest BCUT2D eigenvalue weighted by Gasteiger charge is 2.22. The maximum absolute atomic E-state index is 8.92. The smallest absolute Gasteiger partial charge is 0.231 e. The van der Waals surface area contributed by atoms with Crippen molar-refractivity contribution in [3.63, 3.8) is 0 Å². The molecule has 5 rings (SSSR count). The summed E-state index contributed by atoms with van der Waals surface area (Å²) in [6.45, 7) is 0. The Kier molecular flexibility index (Phi) is 3.84. The first kappa shape index (κ1) is 16.0. The lowest BCUT2D eigenvalue weighted by Crippen LogP contribution is -1.91. The zero-order valence-corrected chi connectivity index (χ0v) is 15.3. The second kappa shape index (κ2) is 6.49. The van der Waals surface area contributed by atoms with Gasteiger partial charge in [-0.3, -0.25) is 0 Å². The van der Waals surface area contributed by atoms with Crippen molar-refractivity contribution in [3.05, 3.63) is 70.9 Å². The Labute approximate surface area is 160 Å². The Hall–Kier alpha value is -3.23. The molecule has 0 unspecified atom stereocenters. The van der Waals surface area contributed by atoms with Crippen LogP contribution in [0.25, 0.3) is 21.3 Å².